The van der Waals surface area contributed by atoms with Crippen LogP contribution in [0, 0.1) is 5.92 Å². The number of ketones is 1. The standard InChI is InChI=1S/C31H43ClO9/c32-24-12-5-6-13-26(24)38-20-22(40-29-15-7-9-17-36-29)21-39-31-23(11-3-1-2-4-14-28(34)35)25(33)19-27(31)41-30-16-8-10-18-37-30/h1,3,5-6,12-13,22-23,27,29-31H,2,4,7-11,14-21H2,(H,34,35). The predicted molar refractivity (Wildman–Crippen MR) is 152 cm³/mol. The van der Waals surface area contributed by atoms with E-state index < -0.39 is 24.3 Å². The van der Waals surface area contributed by atoms with E-state index in [1.807, 2.05) is 24.3 Å². The Morgan fingerprint density at radius 1 is 1.05 bits per heavy atom. The third-order valence-corrected chi connectivity index (χ3v) is 7.89. The lowest BCUT2D eigenvalue weighted by atomic mass is 9.99. The topological polar surface area (TPSA) is 110 Å². The fraction of sp³-hybridized carbons (Fsp3) is 0.677. The number of carboxylic acids is 1. The summed E-state index contributed by atoms with van der Waals surface area (Å²) in [5, 5.41) is 9.37. The molecular formula is C31H43ClO9. The van der Waals surface area contributed by atoms with Crippen LogP contribution in [0.15, 0.2) is 36.4 Å². The van der Waals surface area contributed by atoms with Crippen molar-refractivity contribution >= 4 is 23.4 Å². The van der Waals surface area contributed by atoms with Crippen molar-refractivity contribution in [1.29, 1.82) is 0 Å². The Hall–Kier alpha value is -2.01. The molecule has 6 unspecified atom stereocenters. The third-order valence-electron chi connectivity index (χ3n) is 7.58. The molecule has 4 rings (SSSR count). The number of rotatable bonds is 16. The van der Waals surface area contributed by atoms with Crippen LogP contribution in [-0.2, 0) is 33.3 Å². The van der Waals surface area contributed by atoms with Gasteiger partial charge in [0.25, 0.3) is 0 Å². The second-order valence-electron chi connectivity index (χ2n) is 10.8. The number of halogens is 1. The van der Waals surface area contributed by atoms with Crippen molar-refractivity contribution in [2.24, 2.45) is 5.92 Å². The van der Waals surface area contributed by atoms with Crippen LogP contribution >= 0.6 is 11.6 Å². The second-order valence-corrected chi connectivity index (χ2v) is 11.2. The van der Waals surface area contributed by atoms with Gasteiger partial charge in [-0.15, -0.1) is 0 Å². The highest BCUT2D eigenvalue weighted by atomic mass is 35.5. The number of ether oxygens (including phenoxy) is 6. The van der Waals surface area contributed by atoms with Crippen molar-refractivity contribution < 1.29 is 43.1 Å². The molecule has 9 nitrogen and oxygen atoms in total. The smallest absolute Gasteiger partial charge is 0.303 e. The van der Waals surface area contributed by atoms with Gasteiger partial charge in [-0.2, -0.15) is 0 Å². The second kappa shape index (κ2) is 17.2. The minimum atomic E-state index is -0.809. The number of carbonyl (C=O) groups excluding carboxylic acids is 1. The summed E-state index contributed by atoms with van der Waals surface area (Å²) in [6.07, 6.45) is 9.58. The number of para-hydroxylation sites is 1. The molecule has 0 aromatic heterocycles. The summed E-state index contributed by atoms with van der Waals surface area (Å²) in [6, 6.07) is 7.28. The van der Waals surface area contributed by atoms with Crippen LogP contribution in [0.25, 0.3) is 0 Å². The van der Waals surface area contributed by atoms with E-state index in [2.05, 4.69) is 0 Å². The Balaban J connectivity index is 1.41. The van der Waals surface area contributed by atoms with Gasteiger partial charge in [-0.05, 0) is 69.9 Å². The Bertz CT molecular complexity index is 974. The Morgan fingerprint density at radius 2 is 1.80 bits per heavy atom. The van der Waals surface area contributed by atoms with Gasteiger partial charge >= 0.3 is 5.97 Å². The summed E-state index contributed by atoms with van der Waals surface area (Å²) in [5.41, 5.74) is 0. The first kappa shape index (κ1) is 31.9. The Labute approximate surface area is 247 Å². The van der Waals surface area contributed by atoms with Crippen LogP contribution in [0.5, 0.6) is 5.75 Å². The van der Waals surface area contributed by atoms with Crippen LogP contribution in [0.4, 0.5) is 0 Å². The average Bonchev–Trinajstić information content (AvgIpc) is 3.26. The number of unbranched alkanes of at least 4 members (excludes halogenated alkanes) is 1. The van der Waals surface area contributed by atoms with Crippen molar-refractivity contribution in [2.75, 3.05) is 26.4 Å². The van der Waals surface area contributed by atoms with Crippen molar-refractivity contribution in [3.05, 3.63) is 41.4 Å². The van der Waals surface area contributed by atoms with Crippen molar-refractivity contribution in [1.82, 2.24) is 0 Å². The van der Waals surface area contributed by atoms with E-state index in [0.29, 0.717) is 43.2 Å². The molecule has 2 aliphatic heterocycles. The summed E-state index contributed by atoms with van der Waals surface area (Å²) in [6.45, 7) is 1.69. The zero-order chi connectivity index (χ0) is 28.9. The average molecular weight is 595 g/mol. The van der Waals surface area contributed by atoms with Crippen molar-refractivity contribution in [3.8, 4) is 5.75 Å². The molecule has 2 heterocycles. The minimum absolute atomic E-state index is 0.0893. The van der Waals surface area contributed by atoms with Gasteiger partial charge in [-0.1, -0.05) is 35.9 Å². The molecule has 10 heteroatoms. The molecule has 0 bridgehead atoms. The van der Waals surface area contributed by atoms with E-state index in [-0.39, 0.29) is 50.3 Å². The first-order valence-electron chi connectivity index (χ1n) is 14.9. The zero-order valence-corrected chi connectivity index (χ0v) is 24.4. The third kappa shape index (κ3) is 10.6. The summed E-state index contributed by atoms with van der Waals surface area (Å²) in [5.74, 6) is -0.539. The molecule has 1 saturated carbocycles. The summed E-state index contributed by atoms with van der Waals surface area (Å²) in [4.78, 5) is 23.9. The van der Waals surface area contributed by atoms with Gasteiger partial charge in [0.1, 0.15) is 24.2 Å². The lowest BCUT2D eigenvalue weighted by Crippen LogP contribution is -2.40. The van der Waals surface area contributed by atoms with E-state index >= 15 is 0 Å². The van der Waals surface area contributed by atoms with Gasteiger partial charge < -0.3 is 33.5 Å². The number of benzene rings is 1. The van der Waals surface area contributed by atoms with E-state index in [1.54, 1.807) is 12.1 Å². The number of aliphatic carboxylic acids is 1. The highest BCUT2D eigenvalue weighted by molar-refractivity contribution is 6.32. The first-order chi connectivity index (χ1) is 20.0. The van der Waals surface area contributed by atoms with E-state index in [1.165, 1.54) is 0 Å². The first-order valence-corrected chi connectivity index (χ1v) is 15.3. The van der Waals surface area contributed by atoms with Crippen LogP contribution in [0.3, 0.4) is 0 Å². The van der Waals surface area contributed by atoms with Crippen LogP contribution in [-0.4, -0.2) is 74.2 Å². The lowest BCUT2D eigenvalue weighted by molar-refractivity contribution is -0.226. The SMILES string of the molecule is O=C(O)CCCC=CCC1C(=O)CC(OC2CCCCO2)C1OCC(COc1ccccc1Cl)OC1CCCCO1. The molecule has 6 atom stereocenters. The fourth-order valence-corrected chi connectivity index (χ4v) is 5.58. The quantitative estimate of drug-likeness (QED) is 0.190. The lowest BCUT2D eigenvalue weighted by Gasteiger charge is -2.32. The van der Waals surface area contributed by atoms with Gasteiger partial charge in [-0.25, -0.2) is 0 Å². The highest BCUT2D eigenvalue weighted by Crippen LogP contribution is 2.34. The van der Waals surface area contributed by atoms with Gasteiger partial charge in [0.05, 0.1) is 29.8 Å². The highest BCUT2D eigenvalue weighted by Gasteiger charge is 2.45. The molecule has 0 spiro atoms. The molecule has 1 aromatic carbocycles. The fourth-order valence-electron chi connectivity index (χ4n) is 5.39. The molecule has 0 radical (unpaired) electrons. The maximum atomic E-state index is 13.2. The largest absolute Gasteiger partial charge is 0.489 e. The number of carboxylic acid groups (broad SMARTS) is 1. The number of Topliss-reactive ketones (excluding diaryl/α,β-unsaturated/α-hetero) is 1. The van der Waals surface area contributed by atoms with Crippen molar-refractivity contribution in [3.63, 3.8) is 0 Å². The van der Waals surface area contributed by atoms with Crippen LogP contribution in [0.1, 0.15) is 70.6 Å². The molecule has 41 heavy (non-hydrogen) atoms. The van der Waals surface area contributed by atoms with Crippen LogP contribution in [0.2, 0.25) is 5.02 Å². The normalized spacial score (nSPS) is 27.7. The molecule has 2 saturated heterocycles. The molecular weight excluding hydrogens is 552 g/mol. The molecule has 0 amide bonds. The summed E-state index contributed by atoms with van der Waals surface area (Å²) < 4.78 is 36.7. The Morgan fingerprint density at radius 3 is 2.51 bits per heavy atom. The van der Waals surface area contributed by atoms with Gasteiger partial charge in [0, 0.05) is 26.1 Å². The summed E-state index contributed by atoms with van der Waals surface area (Å²) in [7, 11) is 0. The molecule has 1 aromatic rings. The van der Waals surface area contributed by atoms with E-state index in [4.69, 9.17) is 45.1 Å². The van der Waals surface area contributed by atoms with Gasteiger partial charge in [-0.3, -0.25) is 9.59 Å². The molecule has 3 aliphatic rings. The number of hydrogen-bond acceptors (Lipinski definition) is 8. The summed E-state index contributed by atoms with van der Waals surface area (Å²) >= 11 is 6.30. The van der Waals surface area contributed by atoms with Crippen LogP contribution < -0.4 is 4.74 Å². The van der Waals surface area contributed by atoms with E-state index in [0.717, 1.165) is 38.5 Å². The van der Waals surface area contributed by atoms with Gasteiger partial charge in [0.15, 0.2) is 12.6 Å². The number of hydrogen-bond donors (Lipinski definition) is 1. The molecule has 3 fully saturated rings. The molecule has 228 valence electrons. The predicted octanol–water partition coefficient (Wildman–Crippen LogP) is 5.72. The zero-order valence-electron chi connectivity index (χ0n) is 23.6. The maximum Gasteiger partial charge on any atom is 0.303 e. The number of allylic oxidation sites excluding steroid dienone is 2. The van der Waals surface area contributed by atoms with E-state index in [9.17, 15) is 9.59 Å². The minimum Gasteiger partial charge on any atom is -0.489 e. The monoisotopic (exact) mass is 594 g/mol. The molecule has 1 aliphatic carbocycles. The van der Waals surface area contributed by atoms with Gasteiger partial charge in [0.2, 0.25) is 0 Å². The van der Waals surface area contributed by atoms with Crippen molar-refractivity contribution in [2.45, 2.75) is 102 Å². The Kier molecular flexibility index (Phi) is 13.4. The molecule has 1 N–H and O–H groups in total. The number of carbonyl (C=O) groups is 2. The maximum absolute atomic E-state index is 13.2.